The van der Waals surface area contributed by atoms with Crippen LogP contribution in [0, 0.1) is 6.92 Å². The van der Waals surface area contributed by atoms with Gasteiger partial charge >= 0.3 is 0 Å². The van der Waals surface area contributed by atoms with Gasteiger partial charge in [-0.25, -0.2) is 8.42 Å². The molecule has 0 heterocycles. The fraction of sp³-hybridized carbons (Fsp3) is 0.200. The summed E-state index contributed by atoms with van der Waals surface area (Å²) in [5.74, 6) is 0.638. The molecule has 0 saturated carbocycles. The molecule has 0 spiro atoms. The standard InChI is InChI=1S/C15H14Cl3NO3S/c1-3-22-15-5-4-10(6-9(15)2)23(20,21)19-14-8-12(17)11(16)7-13(14)18/h4-8,19H,3H2,1-2H3. The zero-order chi connectivity index (χ0) is 17.2. The molecular weight excluding hydrogens is 381 g/mol. The topological polar surface area (TPSA) is 55.4 Å². The van der Waals surface area contributed by atoms with Crippen LogP contribution in [0.1, 0.15) is 12.5 Å². The number of benzene rings is 2. The van der Waals surface area contributed by atoms with Crippen molar-refractivity contribution in [3.05, 3.63) is 51.0 Å². The van der Waals surface area contributed by atoms with E-state index in [-0.39, 0.29) is 25.7 Å². The minimum atomic E-state index is -3.81. The van der Waals surface area contributed by atoms with Gasteiger partial charge in [-0.3, -0.25) is 4.72 Å². The highest BCUT2D eigenvalue weighted by Crippen LogP contribution is 2.33. The maximum absolute atomic E-state index is 12.5. The first kappa shape index (κ1) is 18.2. The number of sulfonamides is 1. The predicted octanol–water partition coefficient (Wildman–Crippen LogP) is 5.15. The van der Waals surface area contributed by atoms with Crippen LogP contribution < -0.4 is 9.46 Å². The van der Waals surface area contributed by atoms with Gasteiger partial charge in [0.1, 0.15) is 5.75 Å². The van der Waals surface area contributed by atoms with E-state index in [0.717, 1.165) is 5.56 Å². The molecular formula is C15H14Cl3NO3S. The summed E-state index contributed by atoms with van der Waals surface area (Å²) in [5, 5.41) is 0.610. The lowest BCUT2D eigenvalue weighted by Crippen LogP contribution is -2.13. The molecule has 23 heavy (non-hydrogen) atoms. The molecule has 0 aliphatic carbocycles. The number of halogens is 3. The second kappa shape index (κ2) is 7.18. The Bertz CT molecular complexity index is 838. The summed E-state index contributed by atoms with van der Waals surface area (Å²) in [4.78, 5) is 0.0978. The van der Waals surface area contributed by atoms with Crippen LogP contribution in [0.3, 0.4) is 0 Å². The zero-order valence-corrected chi connectivity index (χ0v) is 15.4. The minimum Gasteiger partial charge on any atom is -0.494 e. The average Bonchev–Trinajstić information content (AvgIpc) is 2.47. The van der Waals surface area contributed by atoms with Crippen LogP contribution in [0.4, 0.5) is 5.69 Å². The molecule has 0 unspecified atom stereocenters. The number of hydrogen-bond donors (Lipinski definition) is 1. The first-order chi connectivity index (χ1) is 10.7. The summed E-state index contributed by atoms with van der Waals surface area (Å²) in [7, 11) is -3.81. The highest BCUT2D eigenvalue weighted by molar-refractivity contribution is 7.92. The molecule has 0 saturated heterocycles. The van der Waals surface area contributed by atoms with E-state index in [9.17, 15) is 8.42 Å². The molecule has 2 aromatic rings. The van der Waals surface area contributed by atoms with E-state index in [4.69, 9.17) is 39.5 Å². The summed E-state index contributed by atoms with van der Waals surface area (Å²) in [6.07, 6.45) is 0. The van der Waals surface area contributed by atoms with Crippen molar-refractivity contribution in [1.82, 2.24) is 0 Å². The van der Waals surface area contributed by atoms with Crippen LogP contribution in [0.25, 0.3) is 0 Å². The Morgan fingerprint density at radius 1 is 1.04 bits per heavy atom. The Labute approximate surface area is 150 Å². The number of aryl methyl sites for hydroxylation is 1. The molecule has 0 amide bonds. The van der Waals surface area contributed by atoms with Gasteiger partial charge < -0.3 is 4.74 Å². The van der Waals surface area contributed by atoms with E-state index in [1.165, 1.54) is 24.3 Å². The van der Waals surface area contributed by atoms with Crippen molar-refractivity contribution in [2.45, 2.75) is 18.7 Å². The molecule has 4 nitrogen and oxygen atoms in total. The molecule has 0 radical (unpaired) electrons. The Hall–Kier alpha value is -1.14. The lowest BCUT2D eigenvalue weighted by molar-refractivity contribution is 0.337. The third-order valence-corrected chi connectivity index (χ3v) is 5.41. The van der Waals surface area contributed by atoms with Crippen LogP contribution >= 0.6 is 34.8 Å². The highest BCUT2D eigenvalue weighted by atomic mass is 35.5. The van der Waals surface area contributed by atoms with E-state index in [1.807, 2.05) is 6.92 Å². The second-order valence-corrected chi connectivity index (χ2v) is 7.62. The third-order valence-electron chi connectivity index (χ3n) is 3.01. The van der Waals surface area contributed by atoms with Crippen LogP contribution in [0.2, 0.25) is 15.1 Å². The van der Waals surface area contributed by atoms with Gasteiger partial charge in [0.2, 0.25) is 0 Å². The van der Waals surface area contributed by atoms with Crippen molar-refractivity contribution in [2.75, 3.05) is 11.3 Å². The van der Waals surface area contributed by atoms with Crippen molar-refractivity contribution in [2.24, 2.45) is 0 Å². The van der Waals surface area contributed by atoms with Crippen LogP contribution in [0.5, 0.6) is 5.75 Å². The molecule has 124 valence electrons. The molecule has 0 aliphatic rings. The van der Waals surface area contributed by atoms with Crippen LogP contribution in [0.15, 0.2) is 35.2 Å². The summed E-state index contributed by atoms with van der Waals surface area (Å²) in [6, 6.07) is 7.35. The van der Waals surface area contributed by atoms with E-state index >= 15 is 0 Å². The summed E-state index contributed by atoms with van der Waals surface area (Å²) in [6.45, 7) is 4.14. The molecule has 0 aromatic heterocycles. The Kier molecular flexibility index (Phi) is 5.68. The van der Waals surface area contributed by atoms with Gasteiger partial charge in [0.05, 0.1) is 32.3 Å². The van der Waals surface area contributed by atoms with Gasteiger partial charge in [-0.15, -0.1) is 0 Å². The quantitative estimate of drug-likeness (QED) is 0.713. The summed E-state index contributed by atoms with van der Waals surface area (Å²) >= 11 is 17.7. The van der Waals surface area contributed by atoms with Gasteiger partial charge in [0.15, 0.2) is 0 Å². The third kappa shape index (κ3) is 4.23. The SMILES string of the molecule is CCOc1ccc(S(=O)(=O)Nc2cc(Cl)c(Cl)cc2Cl)cc1C. The number of anilines is 1. The van der Waals surface area contributed by atoms with Crippen molar-refractivity contribution in [1.29, 1.82) is 0 Å². The summed E-state index contributed by atoms with van der Waals surface area (Å²) in [5.41, 5.74) is 0.877. The summed E-state index contributed by atoms with van der Waals surface area (Å²) < 4.78 is 32.8. The monoisotopic (exact) mass is 393 g/mol. The Morgan fingerprint density at radius 2 is 1.70 bits per heavy atom. The molecule has 0 bridgehead atoms. The molecule has 0 atom stereocenters. The largest absolute Gasteiger partial charge is 0.494 e. The van der Waals surface area contributed by atoms with Crippen molar-refractivity contribution in [3.8, 4) is 5.75 Å². The maximum Gasteiger partial charge on any atom is 0.261 e. The smallest absolute Gasteiger partial charge is 0.261 e. The number of ether oxygens (including phenoxy) is 1. The maximum atomic E-state index is 12.5. The first-order valence-corrected chi connectivity index (χ1v) is 9.27. The number of rotatable bonds is 5. The molecule has 0 fully saturated rings. The minimum absolute atomic E-state index is 0.0978. The van der Waals surface area contributed by atoms with Gasteiger partial charge in [-0.2, -0.15) is 0 Å². The second-order valence-electron chi connectivity index (χ2n) is 4.71. The van der Waals surface area contributed by atoms with E-state index in [1.54, 1.807) is 13.0 Å². The lowest BCUT2D eigenvalue weighted by Gasteiger charge is -2.13. The van der Waals surface area contributed by atoms with Crippen LogP contribution in [-0.4, -0.2) is 15.0 Å². The Morgan fingerprint density at radius 3 is 2.30 bits per heavy atom. The van der Waals surface area contributed by atoms with Crippen molar-refractivity contribution < 1.29 is 13.2 Å². The lowest BCUT2D eigenvalue weighted by atomic mass is 10.2. The van der Waals surface area contributed by atoms with E-state index < -0.39 is 10.0 Å². The zero-order valence-electron chi connectivity index (χ0n) is 12.4. The normalized spacial score (nSPS) is 11.3. The highest BCUT2D eigenvalue weighted by Gasteiger charge is 2.18. The van der Waals surface area contributed by atoms with Gasteiger partial charge in [0.25, 0.3) is 10.0 Å². The predicted molar refractivity (Wildman–Crippen MR) is 94.6 cm³/mol. The van der Waals surface area contributed by atoms with Crippen molar-refractivity contribution in [3.63, 3.8) is 0 Å². The van der Waals surface area contributed by atoms with Crippen molar-refractivity contribution >= 4 is 50.5 Å². The van der Waals surface area contributed by atoms with E-state index in [2.05, 4.69) is 4.72 Å². The average molecular weight is 395 g/mol. The molecule has 8 heteroatoms. The number of hydrogen-bond acceptors (Lipinski definition) is 3. The van der Waals surface area contributed by atoms with Crippen LogP contribution in [-0.2, 0) is 10.0 Å². The molecule has 1 N–H and O–H groups in total. The van der Waals surface area contributed by atoms with Gasteiger partial charge in [-0.1, -0.05) is 34.8 Å². The van der Waals surface area contributed by atoms with Gasteiger partial charge in [0, 0.05) is 0 Å². The van der Waals surface area contributed by atoms with E-state index in [0.29, 0.717) is 12.4 Å². The fourth-order valence-electron chi connectivity index (χ4n) is 1.91. The fourth-order valence-corrected chi connectivity index (χ4v) is 3.72. The molecule has 2 aromatic carbocycles. The Balaban J connectivity index is 2.36. The number of nitrogens with one attached hydrogen (secondary N) is 1. The van der Waals surface area contributed by atoms with Gasteiger partial charge in [-0.05, 0) is 49.7 Å². The molecule has 0 aliphatic heterocycles. The molecule has 2 rings (SSSR count). The first-order valence-electron chi connectivity index (χ1n) is 6.65.